The number of fused-ring (bicyclic) bond motifs is 1. The molecule has 1 amide bonds. The minimum Gasteiger partial charge on any atom is -0.398 e. The van der Waals surface area contributed by atoms with Gasteiger partial charge in [-0.05, 0) is 73.8 Å². The monoisotopic (exact) mass is 511 g/mol. The third-order valence-corrected chi connectivity index (χ3v) is 6.07. The van der Waals surface area contributed by atoms with E-state index in [1.54, 1.807) is 12.3 Å². The zero-order valence-electron chi connectivity index (χ0n) is 21.7. The predicted molar refractivity (Wildman–Crippen MR) is 147 cm³/mol. The number of nitrogen functional groups attached to an aromatic ring is 1. The lowest BCUT2D eigenvalue weighted by Crippen LogP contribution is -2.39. The number of nitrogens with two attached hydrogens (primary N) is 1. The smallest absolute Gasteiger partial charge is 0.398 e. The largest absolute Gasteiger partial charge is 0.416 e. The first kappa shape index (κ1) is 29.5. The maximum Gasteiger partial charge on any atom is 0.416 e. The molecule has 0 aliphatic carbocycles. The number of carbonyl (C=O) groups excluding carboxylic acids is 1. The van der Waals surface area contributed by atoms with E-state index >= 15 is 0 Å². The predicted octanol–water partition coefficient (Wildman–Crippen LogP) is 7.27. The summed E-state index contributed by atoms with van der Waals surface area (Å²) in [6, 6.07) is 17.1. The number of benzene rings is 3. The number of hydrogen-bond acceptors (Lipinski definition) is 3. The zero-order chi connectivity index (χ0) is 27.4. The number of carbonyl (C=O) groups is 1. The van der Waals surface area contributed by atoms with Crippen LogP contribution in [0.2, 0.25) is 0 Å². The number of aryl methyl sites for hydroxylation is 1. The highest BCUT2D eigenvalue weighted by atomic mass is 19.4. The van der Waals surface area contributed by atoms with Gasteiger partial charge in [-0.2, -0.15) is 13.2 Å². The summed E-state index contributed by atoms with van der Waals surface area (Å²) in [6.07, 6.45) is 2.10. The molecule has 0 saturated heterocycles. The van der Waals surface area contributed by atoms with Crippen molar-refractivity contribution in [3.05, 3.63) is 102 Å². The Morgan fingerprint density at radius 2 is 1.76 bits per heavy atom. The van der Waals surface area contributed by atoms with Gasteiger partial charge in [-0.1, -0.05) is 67.6 Å². The second-order valence-corrected chi connectivity index (χ2v) is 8.79. The van der Waals surface area contributed by atoms with Crippen LogP contribution in [0, 0.1) is 0 Å². The lowest BCUT2D eigenvalue weighted by molar-refractivity contribution is -0.137. The molecule has 0 heterocycles. The molecule has 4 nitrogen and oxygen atoms in total. The van der Waals surface area contributed by atoms with E-state index in [1.807, 2.05) is 50.2 Å². The van der Waals surface area contributed by atoms with Gasteiger partial charge >= 0.3 is 6.18 Å². The number of anilines is 1. The topological polar surface area (TPSA) is 67.1 Å². The Kier molecular flexibility index (Phi) is 11.2. The van der Waals surface area contributed by atoms with Gasteiger partial charge in [0.05, 0.1) is 11.1 Å². The molecule has 0 aromatic heterocycles. The molecule has 1 atom stereocenters. The van der Waals surface area contributed by atoms with Crippen molar-refractivity contribution in [1.82, 2.24) is 10.6 Å². The molecule has 0 aliphatic rings. The van der Waals surface area contributed by atoms with Gasteiger partial charge in [-0.25, -0.2) is 0 Å². The van der Waals surface area contributed by atoms with Gasteiger partial charge in [0, 0.05) is 18.3 Å². The highest BCUT2D eigenvalue weighted by Crippen LogP contribution is 2.29. The zero-order valence-corrected chi connectivity index (χ0v) is 21.7. The number of halogens is 3. The van der Waals surface area contributed by atoms with Crippen molar-refractivity contribution in [1.29, 1.82) is 0 Å². The van der Waals surface area contributed by atoms with E-state index in [9.17, 15) is 18.0 Å². The second-order valence-electron chi connectivity index (χ2n) is 8.79. The van der Waals surface area contributed by atoms with Crippen LogP contribution in [0.1, 0.15) is 55.1 Å². The van der Waals surface area contributed by atoms with Crippen molar-refractivity contribution in [3.63, 3.8) is 0 Å². The third kappa shape index (κ3) is 9.33. The maximum absolute atomic E-state index is 12.6. The van der Waals surface area contributed by atoms with Crippen molar-refractivity contribution < 1.29 is 18.0 Å². The third-order valence-electron chi connectivity index (χ3n) is 6.07. The second kappa shape index (κ2) is 14.1. The lowest BCUT2D eigenvalue weighted by Gasteiger charge is -2.18. The van der Waals surface area contributed by atoms with Crippen molar-refractivity contribution in [3.8, 4) is 0 Å². The number of allylic oxidation sites excluding steroid dienone is 2. The van der Waals surface area contributed by atoms with E-state index < -0.39 is 11.7 Å². The number of nitrogens with one attached hydrogen (secondary N) is 2. The van der Waals surface area contributed by atoms with Crippen LogP contribution in [0.5, 0.6) is 0 Å². The summed E-state index contributed by atoms with van der Waals surface area (Å²) in [4.78, 5) is 12.6. The summed E-state index contributed by atoms with van der Waals surface area (Å²) in [5, 5.41) is 8.22. The van der Waals surface area contributed by atoms with Gasteiger partial charge in [-0.15, -0.1) is 0 Å². The summed E-state index contributed by atoms with van der Waals surface area (Å²) >= 11 is 0. The molecule has 4 N–H and O–H groups in total. The van der Waals surface area contributed by atoms with Gasteiger partial charge in [0.25, 0.3) is 5.91 Å². The molecule has 0 unspecified atom stereocenters. The van der Waals surface area contributed by atoms with Crippen LogP contribution in [-0.2, 0) is 12.6 Å². The van der Waals surface area contributed by atoms with E-state index in [0.717, 1.165) is 29.7 Å². The summed E-state index contributed by atoms with van der Waals surface area (Å²) in [6.45, 7) is 10.2. The van der Waals surface area contributed by atoms with Crippen LogP contribution in [0.3, 0.4) is 0 Å². The number of alkyl halides is 3. The summed E-state index contributed by atoms with van der Waals surface area (Å²) in [7, 11) is 0. The highest BCUT2D eigenvalue weighted by Gasteiger charge is 2.30. The quantitative estimate of drug-likeness (QED) is 0.209. The van der Waals surface area contributed by atoms with Gasteiger partial charge < -0.3 is 16.4 Å². The fourth-order valence-corrected chi connectivity index (χ4v) is 3.69. The average molecular weight is 512 g/mol. The highest BCUT2D eigenvalue weighted by molar-refractivity contribution is 6.03. The Labute approximate surface area is 217 Å². The molecule has 0 radical (unpaired) electrons. The molecule has 0 fully saturated rings. The molecular formula is C30H36F3N3O. The SMILES string of the molecule is C=CN[C@@H](CC/C(C)=C/C)CNC(=O)c1cc2ccccc2cc1N.CCc1cccc(C(F)(F)F)c1. The normalized spacial score (nSPS) is 12.3. The minimum absolute atomic E-state index is 0.137. The van der Waals surface area contributed by atoms with Gasteiger partial charge in [0.15, 0.2) is 0 Å². The fraction of sp³-hybridized carbons (Fsp3) is 0.300. The van der Waals surface area contributed by atoms with E-state index in [2.05, 4.69) is 30.2 Å². The van der Waals surface area contributed by atoms with Crippen LogP contribution in [0.15, 0.2) is 85.1 Å². The van der Waals surface area contributed by atoms with E-state index in [4.69, 9.17) is 5.73 Å². The summed E-state index contributed by atoms with van der Waals surface area (Å²) in [5.41, 5.74) is 8.56. The first-order valence-electron chi connectivity index (χ1n) is 12.3. The molecule has 0 saturated carbocycles. The van der Waals surface area contributed by atoms with Gasteiger partial charge in [0.2, 0.25) is 0 Å². The van der Waals surface area contributed by atoms with Crippen LogP contribution in [-0.4, -0.2) is 18.5 Å². The Hall–Kier alpha value is -3.74. The molecule has 3 rings (SSSR count). The van der Waals surface area contributed by atoms with Crippen molar-refractivity contribution >= 4 is 22.4 Å². The first-order chi connectivity index (χ1) is 17.6. The van der Waals surface area contributed by atoms with Crippen molar-refractivity contribution in [2.45, 2.75) is 52.3 Å². The van der Waals surface area contributed by atoms with Crippen LogP contribution < -0.4 is 16.4 Å². The van der Waals surface area contributed by atoms with Gasteiger partial charge in [0.1, 0.15) is 0 Å². The summed E-state index contributed by atoms with van der Waals surface area (Å²) in [5.74, 6) is -0.151. The number of hydrogen-bond donors (Lipinski definition) is 3. The lowest BCUT2D eigenvalue weighted by atomic mass is 10.0. The minimum atomic E-state index is -4.22. The molecular weight excluding hydrogens is 475 g/mol. The molecule has 3 aromatic rings. The molecule has 37 heavy (non-hydrogen) atoms. The Morgan fingerprint density at radius 1 is 1.08 bits per heavy atom. The van der Waals surface area contributed by atoms with E-state index in [0.29, 0.717) is 29.8 Å². The number of rotatable bonds is 9. The molecule has 0 spiro atoms. The average Bonchev–Trinajstić information content (AvgIpc) is 2.89. The van der Waals surface area contributed by atoms with Crippen LogP contribution in [0.25, 0.3) is 10.8 Å². The van der Waals surface area contributed by atoms with E-state index in [-0.39, 0.29) is 11.9 Å². The Morgan fingerprint density at radius 3 is 2.35 bits per heavy atom. The Balaban J connectivity index is 0.000000335. The van der Waals surface area contributed by atoms with Crippen LogP contribution >= 0.6 is 0 Å². The molecule has 3 aromatic carbocycles. The maximum atomic E-state index is 12.6. The van der Waals surface area contributed by atoms with Crippen molar-refractivity contribution in [2.75, 3.05) is 12.3 Å². The van der Waals surface area contributed by atoms with Crippen LogP contribution in [0.4, 0.5) is 18.9 Å². The molecule has 198 valence electrons. The molecule has 0 aliphatic heterocycles. The summed E-state index contributed by atoms with van der Waals surface area (Å²) < 4.78 is 36.3. The fourth-order valence-electron chi connectivity index (χ4n) is 3.69. The van der Waals surface area contributed by atoms with Crippen molar-refractivity contribution in [2.24, 2.45) is 0 Å². The Bertz CT molecular complexity index is 1220. The molecule has 7 heteroatoms. The first-order valence-corrected chi connectivity index (χ1v) is 12.3. The van der Waals surface area contributed by atoms with Gasteiger partial charge in [-0.3, -0.25) is 4.79 Å². The van der Waals surface area contributed by atoms with E-state index in [1.165, 1.54) is 17.7 Å². The molecule has 0 bridgehead atoms. The number of amides is 1. The standard InChI is InChI=1S/C21H27N3O.C9H9F3/c1-4-15(3)10-11-18(23-5-2)14-24-21(25)19-12-16-8-6-7-9-17(16)13-20(19)22;1-2-7-4-3-5-8(6-7)9(10,11)12/h4-9,12-13,18,23H,2,10-11,14,22H2,1,3H3,(H,24,25);3-6H,2H2,1H3/b15-4+;/t18-;/m0./s1.